The molecule has 0 aliphatic heterocycles. The van der Waals surface area contributed by atoms with Crippen molar-refractivity contribution in [3.63, 3.8) is 0 Å². The number of aromatic hydroxyl groups is 4. The molecule has 10 heteroatoms. The first kappa shape index (κ1) is 21.8. The van der Waals surface area contributed by atoms with Crippen molar-refractivity contribution in [3.05, 3.63) is 82.9 Å². The van der Waals surface area contributed by atoms with E-state index in [9.17, 15) is 30.0 Å². The lowest BCUT2D eigenvalue weighted by molar-refractivity contribution is 0.0944. The Bertz CT molecular complexity index is 1110. The number of hydrogen-bond donors (Lipinski definition) is 6. The van der Waals surface area contributed by atoms with Crippen LogP contribution in [0.1, 0.15) is 31.8 Å². The smallest absolute Gasteiger partial charge is 0.275 e. The zero-order valence-corrected chi connectivity index (χ0v) is 16.4. The predicted octanol–water partition coefficient (Wildman–Crippen LogP) is 2.04. The fourth-order valence-electron chi connectivity index (χ4n) is 2.54. The molecule has 3 aromatic rings. The molecule has 0 bridgehead atoms. The first-order valence-electron chi connectivity index (χ1n) is 9.14. The standard InChI is InChI=1S/C22H18N4O6/c27-15-5-7-17(19(29)9-15)21(31)25-23-11-13-1-2-14(4-3-13)12-24-26-22(32)18-8-6-16(28)10-20(18)30/h1-12,27-30H,(H,25,31)(H,26,32)/b23-11-,24-12-. The molecule has 0 saturated carbocycles. The van der Waals surface area contributed by atoms with Crippen molar-refractivity contribution in [2.24, 2.45) is 10.2 Å². The van der Waals surface area contributed by atoms with E-state index in [1.807, 2.05) is 0 Å². The number of carbonyl (C=O) groups is 2. The SMILES string of the molecule is O=C(N/N=C\c1ccc(/C=N\NC(=O)c2ccc(O)cc2O)cc1)c1ccc(O)cc1O. The number of hydrazone groups is 2. The average molecular weight is 434 g/mol. The fourth-order valence-corrected chi connectivity index (χ4v) is 2.54. The molecule has 3 aromatic carbocycles. The Balaban J connectivity index is 1.54. The Morgan fingerprint density at radius 1 is 0.625 bits per heavy atom. The van der Waals surface area contributed by atoms with Gasteiger partial charge < -0.3 is 20.4 Å². The number of carbonyl (C=O) groups excluding carboxylic acids is 2. The van der Waals surface area contributed by atoms with Gasteiger partial charge in [-0.3, -0.25) is 9.59 Å². The van der Waals surface area contributed by atoms with Crippen LogP contribution in [0.3, 0.4) is 0 Å². The predicted molar refractivity (Wildman–Crippen MR) is 116 cm³/mol. The van der Waals surface area contributed by atoms with Gasteiger partial charge in [-0.05, 0) is 35.4 Å². The second kappa shape index (κ2) is 9.76. The fraction of sp³-hybridized carbons (Fsp3) is 0. The summed E-state index contributed by atoms with van der Waals surface area (Å²) in [6.07, 6.45) is 2.79. The Morgan fingerprint density at radius 2 is 1.00 bits per heavy atom. The number of nitrogens with zero attached hydrogens (tertiary/aromatic N) is 2. The van der Waals surface area contributed by atoms with E-state index in [-0.39, 0.29) is 34.1 Å². The third-order valence-electron chi connectivity index (χ3n) is 4.15. The van der Waals surface area contributed by atoms with Crippen LogP contribution in [-0.4, -0.2) is 44.7 Å². The molecule has 0 unspecified atom stereocenters. The van der Waals surface area contributed by atoms with Crippen molar-refractivity contribution in [3.8, 4) is 23.0 Å². The van der Waals surface area contributed by atoms with Gasteiger partial charge >= 0.3 is 0 Å². The molecule has 162 valence electrons. The van der Waals surface area contributed by atoms with Gasteiger partial charge in [-0.15, -0.1) is 0 Å². The van der Waals surface area contributed by atoms with Gasteiger partial charge in [-0.2, -0.15) is 10.2 Å². The molecule has 32 heavy (non-hydrogen) atoms. The molecule has 0 heterocycles. The molecule has 3 rings (SSSR count). The molecule has 0 atom stereocenters. The molecule has 0 saturated heterocycles. The van der Waals surface area contributed by atoms with E-state index < -0.39 is 11.8 Å². The van der Waals surface area contributed by atoms with E-state index in [0.717, 1.165) is 12.1 Å². The number of phenols is 4. The Labute approximate surface area is 181 Å². The van der Waals surface area contributed by atoms with E-state index in [1.165, 1.54) is 36.7 Å². The topological polar surface area (TPSA) is 164 Å². The van der Waals surface area contributed by atoms with Crippen LogP contribution >= 0.6 is 0 Å². The summed E-state index contributed by atoms with van der Waals surface area (Å²) in [6, 6.07) is 14.0. The number of nitrogens with one attached hydrogen (secondary N) is 2. The van der Waals surface area contributed by atoms with Crippen LogP contribution in [0.2, 0.25) is 0 Å². The highest BCUT2D eigenvalue weighted by atomic mass is 16.3. The van der Waals surface area contributed by atoms with Crippen LogP contribution in [0.5, 0.6) is 23.0 Å². The quantitative estimate of drug-likeness (QED) is 0.257. The Hall–Kier alpha value is -4.86. The van der Waals surface area contributed by atoms with Crippen molar-refractivity contribution >= 4 is 24.2 Å². The summed E-state index contributed by atoms with van der Waals surface area (Å²) >= 11 is 0. The molecular weight excluding hydrogens is 416 g/mol. The highest BCUT2D eigenvalue weighted by Gasteiger charge is 2.11. The largest absolute Gasteiger partial charge is 0.508 e. The minimum Gasteiger partial charge on any atom is -0.508 e. The molecular formula is C22H18N4O6. The van der Waals surface area contributed by atoms with Gasteiger partial charge in [0.05, 0.1) is 23.6 Å². The van der Waals surface area contributed by atoms with Gasteiger partial charge in [-0.1, -0.05) is 24.3 Å². The van der Waals surface area contributed by atoms with Crippen molar-refractivity contribution in [2.75, 3.05) is 0 Å². The monoisotopic (exact) mass is 434 g/mol. The molecule has 10 nitrogen and oxygen atoms in total. The first-order chi connectivity index (χ1) is 15.3. The number of rotatable bonds is 6. The Morgan fingerprint density at radius 3 is 1.34 bits per heavy atom. The van der Waals surface area contributed by atoms with Gasteiger partial charge in [-0.25, -0.2) is 10.9 Å². The van der Waals surface area contributed by atoms with Crippen molar-refractivity contribution in [1.29, 1.82) is 0 Å². The summed E-state index contributed by atoms with van der Waals surface area (Å²) in [7, 11) is 0. The third-order valence-corrected chi connectivity index (χ3v) is 4.15. The lowest BCUT2D eigenvalue weighted by atomic mass is 10.1. The summed E-state index contributed by atoms with van der Waals surface area (Å²) in [6.45, 7) is 0. The number of phenolic OH excluding ortho intramolecular Hbond substituents is 4. The first-order valence-corrected chi connectivity index (χ1v) is 9.14. The van der Waals surface area contributed by atoms with Crippen LogP contribution in [0.4, 0.5) is 0 Å². The lowest BCUT2D eigenvalue weighted by Gasteiger charge is -2.03. The minimum absolute atomic E-state index is 0.0332. The summed E-state index contributed by atoms with van der Waals surface area (Å²) in [4.78, 5) is 24.0. The third kappa shape index (κ3) is 5.60. The molecule has 0 aliphatic carbocycles. The molecule has 0 aliphatic rings. The number of benzene rings is 3. The molecule has 2 amide bonds. The highest BCUT2D eigenvalue weighted by molar-refractivity contribution is 5.98. The Kier molecular flexibility index (Phi) is 6.66. The van der Waals surface area contributed by atoms with Crippen LogP contribution in [0, 0.1) is 0 Å². The second-order valence-electron chi connectivity index (χ2n) is 6.47. The van der Waals surface area contributed by atoms with Crippen LogP contribution in [-0.2, 0) is 0 Å². The molecule has 0 fully saturated rings. The maximum absolute atomic E-state index is 12.0. The molecule has 0 radical (unpaired) electrons. The number of hydrogen-bond acceptors (Lipinski definition) is 8. The summed E-state index contributed by atoms with van der Waals surface area (Å²) in [5, 5.41) is 45.5. The molecule has 0 aromatic heterocycles. The van der Waals surface area contributed by atoms with Crippen LogP contribution in [0.25, 0.3) is 0 Å². The summed E-state index contributed by atoms with van der Waals surface area (Å²) < 4.78 is 0. The van der Waals surface area contributed by atoms with Gasteiger partial charge in [0.1, 0.15) is 23.0 Å². The van der Waals surface area contributed by atoms with Crippen LogP contribution in [0.15, 0.2) is 70.9 Å². The molecule has 0 spiro atoms. The number of amides is 2. The maximum atomic E-state index is 12.0. The van der Waals surface area contributed by atoms with E-state index in [4.69, 9.17) is 0 Å². The van der Waals surface area contributed by atoms with Crippen molar-refractivity contribution < 1.29 is 30.0 Å². The average Bonchev–Trinajstić information content (AvgIpc) is 2.74. The zero-order valence-electron chi connectivity index (χ0n) is 16.4. The van der Waals surface area contributed by atoms with Crippen molar-refractivity contribution in [2.45, 2.75) is 0 Å². The summed E-state index contributed by atoms with van der Waals surface area (Å²) in [5.41, 5.74) is 5.80. The van der Waals surface area contributed by atoms with Gasteiger partial charge in [0, 0.05) is 12.1 Å². The molecule has 6 N–H and O–H groups in total. The highest BCUT2D eigenvalue weighted by Crippen LogP contribution is 2.23. The summed E-state index contributed by atoms with van der Waals surface area (Å²) in [5.74, 6) is -2.34. The van der Waals surface area contributed by atoms with Gasteiger partial charge in [0.25, 0.3) is 11.8 Å². The minimum atomic E-state index is -0.641. The van der Waals surface area contributed by atoms with Gasteiger partial charge in [0.2, 0.25) is 0 Å². The lowest BCUT2D eigenvalue weighted by Crippen LogP contribution is -2.17. The van der Waals surface area contributed by atoms with E-state index >= 15 is 0 Å². The normalized spacial score (nSPS) is 11.0. The zero-order chi connectivity index (χ0) is 23.1. The van der Waals surface area contributed by atoms with Crippen molar-refractivity contribution in [1.82, 2.24) is 10.9 Å². The second-order valence-corrected chi connectivity index (χ2v) is 6.47. The van der Waals surface area contributed by atoms with E-state index in [0.29, 0.717) is 11.1 Å². The van der Waals surface area contributed by atoms with E-state index in [1.54, 1.807) is 24.3 Å². The van der Waals surface area contributed by atoms with Crippen LogP contribution < -0.4 is 10.9 Å². The van der Waals surface area contributed by atoms with Gasteiger partial charge in [0.15, 0.2) is 0 Å². The maximum Gasteiger partial charge on any atom is 0.275 e. The van der Waals surface area contributed by atoms with E-state index in [2.05, 4.69) is 21.1 Å².